The van der Waals surface area contributed by atoms with Gasteiger partial charge in [0, 0.05) is 33.2 Å². The van der Waals surface area contributed by atoms with Crippen LogP contribution in [0.2, 0.25) is 0 Å². The molecule has 0 aromatic carbocycles. The molecule has 1 aromatic heterocycles. The fraction of sp³-hybridized carbons (Fsp3) is 0.500. The van der Waals surface area contributed by atoms with Gasteiger partial charge in [0.1, 0.15) is 5.69 Å². The second-order valence-corrected chi connectivity index (χ2v) is 4.38. The van der Waals surface area contributed by atoms with Gasteiger partial charge < -0.3 is 15.5 Å². The van der Waals surface area contributed by atoms with Gasteiger partial charge in [-0.25, -0.2) is 4.98 Å². The molecule has 1 saturated heterocycles. The molecular weight excluding hydrogens is 344 g/mol. The van der Waals surface area contributed by atoms with Crippen molar-refractivity contribution >= 4 is 36.4 Å². The quantitative estimate of drug-likeness (QED) is 0.842. The molecule has 0 unspecified atom stereocenters. The molecule has 10 heteroatoms. The Morgan fingerprint density at radius 2 is 1.86 bits per heavy atom. The standard InChI is InChI=1S/C12H15F3N4O.2ClH/c1-16-11(20)8-2-3-9(10(18-8)12(13,14)15)19-6-4-17-5-7-19;;/h2-3,17H,4-7H2,1H3,(H,16,20);2*1H. The number of piperazine rings is 1. The number of hydrogen-bond acceptors (Lipinski definition) is 4. The number of amides is 1. The van der Waals surface area contributed by atoms with Crippen LogP contribution in [-0.2, 0) is 6.18 Å². The van der Waals surface area contributed by atoms with E-state index in [2.05, 4.69) is 15.6 Å². The van der Waals surface area contributed by atoms with Gasteiger partial charge in [-0.05, 0) is 12.1 Å². The maximum atomic E-state index is 13.1. The number of anilines is 1. The molecule has 2 N–H and O–H groups in total. The Morgan fingerprint density at radius 3 is 2.36 bits per heavy atom. The first-order chi connectivity index (χ1) is 9.43. The van der Waals surface area contributed by atoms with Crippen molar-refractivity contribution in [3.8, 4) is 0 Å². The van der Waals surface area contributed by atoms with Crippen molar-refractivity contribution in [2.75, 3.05) is 38.1 Å². The number of hydrogen-bond donors (Lipinski definition) is 2. The Kier molecular flexibility index (Phi) is 7.92. The largest absolute Gasteiger partial charge is 0.435 e. The number of pyridine rings is 1. The number of rotatable bonds is 2. The van der Waals surface area contributed by atoms with Crippen LogP contribution in [0, 0.1) is 0 Å². The third-order valence-electron chi connectivity index (χ3n) is 3.06. The van der Waals surface area contributed by atoms with E-state index in [1.807, 2.05) is 0 Å². The Bertz CT molecular complexity index is 508. The fourth-order valence-corrected chi connectivity index (χ4v) is 2.08. The van der Waals surface area contributed by atoms with E-state index in [0.717, 1.165) is 0 Å². The number of carbonyl (C=O) groups is 1. The lowest BCUT2D eigenvalue weighted by atomic mass is 10.2. The minimum Gasteiger partial charge on any atom is -0.367 e. The molecular formula is C12H17Cl2F3N4O. The molecule has 0 aliphatic carbocycles. The van der Waals surface area contributed by atoms with Crippen LogP contribution in [0.3, 0.4) is 0 Å². The smallest absolute Gasteiger partial charge is 0.367 e. The fourth-order valence-electron chi connectivity index (χ4n) is 2.08. The van der Waals surface area contributed by atoms with Crippen molar-refractivity contribution in [3.63, 3.8) is 0 Å². The maximum Gasteiger partial charge on any atom is 0.435 e. The summed E-state index contributed by atoms with van der Waals surface area (Å²) in [5.41, 5.74) is -1.23. The summed E-state index contributed by atoms with van der Waals surface area (Å²) in [6.45, 7) is 2.19. The summed E-state index contributed by atoms with van der Waals surface area (Å²) >= 11 is 0. The molecule has 0 bridgehead atoms. The Labute approximate surface area is 138 Å². The van der Waals surface area contributed by atoms with Crippen LogP contribution in [-0.4, -0.2) is 44.1 Å². The summed E-state index contributed by atoms with van der Waals surface area (Å²) in [5, 5.41) is 5.34. The monoisotopic (exact) mass is 360 g/mol. The molecule has 0 saturated carbocycles. The van der Waals surface area contributed by atoms with Crippen molar-refractivity contribution in [3.05, 3.63) is 23.5 Å². The number of halogens is 5. The summed E-state index contributed by atoms with van der Waals surface area (Å²) < 4.78 is 39.3. The summed E-state index contributed by atoms with van der Waals surface area (Å²) in [5.74, 6) is -0.637. The van der Waals surface area contributed by atoms with Crippen molar-refractivity contribution in [1.82, 2.24) is 15.6 Å². The van der Waals surface area contributed by atoms with Crippen LogP contribution in [0.25, 0.3) is 0 Å². The second-order valence-electron chi connectivity index (χ2n) is 4.38. The van der Waals surface area contributed by atoms with Crippen LogP contribution < -0.4 is 15.5 Å². The van der Waals surface area contributed by atoms with Crippen LogP contribution >= 0.6 is 24.8 Å². The maximum absolute atomic E-state index is 13.1. The van der Waals surface area contributed by atoms with Gasteiger partial charge in [0.2, 0.25) is 0 Å². The highest BCUT2D eigenvalue weighted by molar-refractivity contribution is 5.92. The molecule has 1 amide bonds. The number of aromatic nitrogens is 1. The average molecular weight is 361 g/mol. The topological polar surface area (TPSA) is 57.3 Å². The Morgan fingerprint density at radius 1 is 1.27 bits per heavy atom. The van der Waals surface area contributed by atoms with Gasteiger partial charge in [0.05, 0.1) is 5.69 Å². The van der Waals surface area contributed by atoms with E-state index in [0.29, 0.717) is 26.2 Å². The highest BCUT2D eigenvalue weighted by Gasteiger charge is 2.37. The van der Waals surface area contributed by atoms with E-state index in [4.69, 9.17) is 0 Å². The first kappa shape index (κ1) is 20.8. The highest BCUT2D eigenvalue weighted by atomic mass is 35.5. The van der Waals surface area contributed by atoms with Crippen molar-refractivity contribution in [2.45, 2.75) is 6.18 Å². The van der Waals surface area contributed by atoms with Crippen LogP contribution in [0.4, 0.5) is 18.9 Å². The molecule has 0 radical (unpaired) electrons. The minimum atomic E-state index is -4.59. The summed E-state index contributed by atoms with van der Waals surface area (Å²) in [6, 6.07) is 2.62. The minimum absolute atomic E-state index is 0. The summed E-state index contributed by atoms with van der Waals surface area (Å²) in [6.07, 6.45) is -4.59. The molecule has 5 nitrogen and oxygen atoms in total. The zero-order valence-electron chi connectivity index (χ0n) is 11.7. The molecule has 126 valence electrons. The molecule has 1 aliphatic rings. The predicted molar refractivity (Wildman–Crippen MR) is 82.2 cm³/mol. The van der Waals surface area contributed by atoms with Crippen molar-refractivity contribution < 1.29 is 18.0 Å². The molecule has 22 heavy (non-hydrogen) atoms. The van der Waals surface area contributed by atoms with Crippen molar-refractivity contribution in [1.29, 1.82) is 0 Å². The molecule has 1 aromatic rings. The lowest BCUT2D eigenvalue weighted by molar-refractivity contribution is -0.140. The van der Waals surface area contributed by atoms with Gasteiger partial charge >= 0.3 is 6.18 Å². The molecule has 0 spiro atoms. The summed E-state index contributed by atoms with van der Waals surface area (Å²) in [4.78, 5) is 16.5. The van der Waals surface area contributed by atoms with Crippen LogP contribution in [0.15, 0.2) is 12.1 Å². The van der Waals surface area contributed by atoms with E-state index in [-0.39, 0.29) is 36.2 Å². The molecule has 1 aliphatic heterocycles. The molecule has 2 heterocycles. The zero-order chi connectivity index (χ0) is 14.8. The zero-order valence-corrected chi connectivity index (χ0v) is 13.4. The molecule has 0 atom stereocenters. The predicted octanol–water partition coefficient (Wildman–Crippen LogP) is 1.71. The normalized spacial score (nSPS) is 14.6. The van der Waals surface area contributed by atoms with E-state index in [1.54, 1.807) is 4.90 Å². The molecule has 1 fully saturated rings. The van der Waals surface area contributed by atoms with E-state index < -0.39 is 17.8 Å². The van der Waals surface area contributed by atoms with E-state index in [1.165, 1.54) is 19.2 Å². The van der Waals surface area contributed by atoms with Crippen LogP contribution in [0.1, 0.15) is 16.2 Å². The lowest BCUT2D eigenvalue weighted by Gasteiger charge is -2.31. The van der Waals surface area contributed by atoms with Crippen LogP contribution in [0.5, 0.6) is 0 Å². The van der Waals surface area contributed by atoms with Crippen molar-refractivity contribution in [2.24, 2.45) is 0 Å². The first-order valence-electron chi connectivity index (χ1n) is 6.19. The van der Waals surface area contributed by atoms with E-state index in [9.17, 15) is 18.0 Å². The number of nitrogens with one attached hydrogen (secondary N) is 2. The number of alkyl halides is 3. The van der Waals surface area contributed by atoms with Gasteiger partial charge in [-0.1, -0.05) is 0 Å². The lowest BCUT2D eigenvalue weighted by Crippen LogP contribution is -2.44. The average Bonchev–Trinajstić information content (AvgIpc) is 2.46. The van der Waals surface area contributed by atoms with E-state index >= 15 is 0 Å². The first-order valence-corrected chi connectivity index (χ1v) is 6.19. The van der Waals surface area contributed by atoms with Gasteiger partial charge in [0.15, 0.2) is 5.69 Å². The van der Waals surface area contributed by atoms with Gasteiger partial charge in [-0.3, -0.25) is 4.79 Å². The molecule has 2 rings (SSSR count). The number of nitrogens with zero attached hydrogens (tertiary/aromatic N) is 2. The summed E-state index contributed by atoms with van der Waals surface area (Å²) in [7, 11) is 1.35. The van der Waals surface area contributed by atoms with Gasteiger partial charge in [-0.15, -0.1) is 24.8 Å². The highest BCUT2D eigenvalue weighted by Crippen LogP contribution is 2.35. The SMILES string of the molecule is CNC(=O)c1ccc(N2CCNCC2)c(C(F)(F)F)n1.Cl.Cl. The Balaban J connectivity index is 0.00000220. The third-order valence-corrected chi connectivity index (χ3v) is 3.06. The van der Waals surface area contributed by atoms with Gasteiger partial charge in [-0.2, -0.15) is 13.2 Å². The van der Waals surface area contributed by atoms with Gasteiger partial charge in [0.25, 0.3) is 5.91 Å². The number of carbonyl (C=O) groups excluding carboxylic acids is 1. The Hall–Kier alpha value is -1.25. The third kappa shape index (κ3) is 4.62. The second kappa shape index (κ2) is 8.40.